The van der Waals surface area contributed by atoms with Crippen LogP contribution in [-0.4, -0.2) is 38.1 Å². The van der Waals surface area contributed by atoms with Crippen LogP contribution in [0.5, 0.6) is 0 Å². The van der Waals surface area contributed by atoms with E-state index >= 15 is 0 Å². The van der Waals surface area contributed by atoms with Gasteiger partial charge >= 0.3 is 11.9 Å². The van der Waals surface area contributed by atoms with Gasteiger partial charge in [-0.2, -0.15) is 0 Å². The Labute approximate surface area is 123 Å². The molecule has 0 aliphatic carbocycles. The van der Waals surface area contributed by atoms with Crippen molar-refractivity contribution in [1.29, 1.82) is 0 Å². The predicted octanol–water partition coefficient (Wildman–Crippen LogP) is 0.737. The van der Waals surface area contributed by atoms with Crippen LogP contribution in [-0.2, 0) is 19.1 Å². The molecular weight excluding hydrogens is 365 g/mol. The van der Waals surface area contributed by atoms with Gasteiger partial charge in [-0.1, -0.05) is 6.07 Å². The Hall–Kier alpha value is -1.64. The second-order valence-corrected chi connectivity index (χ2v) is 4.68. The fourth-order valence-electron chi connectivity index (χ4n) is 1.12. The van der Waals surface area contributed by atoms with Crippen LogP contribution < -0.4 is 5.32 Å². The van der Waals surface area contributed by atoms with Gasteiger partial charge in [-0.25, -0.2) is 4.79 Å². The molecule has 0 heterocycles. The van der Waals surface area contributed by atoms with Crippen LogP contribution in [0.1, 0.15) is 10.4 Å². The zero-order valence-corrected chi connectivity index (χ0v) is 12.3. The van der Waals surface area contributed by atoms with Gasteiger partial charge in [-0.3, -0.25) is 9.59 Å². The third-order valence-electron chi connectivity index (χ3n) is 2.05. The van der Waals surface area contributed by atoms with E-state index in [1.165, 1.54) is 7.11 Å². The van der Waals surface area contributed by atoms with Gasteiger partial charge in [0.1, 0.15) is 6.54 Å². The minimum atomic E-state index is -0.591. The third kappa shape index (κ3) is 5.69. The number of halogens is 1. The highest BCUT2D eigenvalue weighted by Gasteiger charge is 2.11. The minimum absolute atomic E-state index is 0.254. The normalized spacial score (nSPS) is 9.58. The fraction of sp³-hybridized carbons (Fsp3) is 0.250. The molecule has 0 bridgehead atoms. The smallest absolute Gasteiger partial charge is 0.338 e. The maximum atomic E-state index is 11.6. The third-order valence-corrected chi connectivity index (χ3v) is 2.72. The van der Waals surface area contributed by atoms with Crippen molar-refractivity contribution in [2.24, 2.45) is 0 Å². The van der Waals surface area contributed by atoms with Gasteiger partial charge < -0.3 is 14.8 Å². The minimum Gasteiger partial charge on any atom is -0.468 e. The van der Waals surface area contributed by atoms with E-state index in [2.05, 4.69) is 32.6 Å². The molecule has 0 saturated heterocycles. The van der Waals surface area contributed by atoms with Crippen molar-refractivity contribution >= 4 is 40.4 Å². The lowest BCUT2D eigenvalue weighted by Crippen LogP contribution is -2.33. The first-order valence-electron chi connectivity index (χ1n) is 5.29. The lowest BCUT2D eigenvalue weighted by Gasteiger charge is -2.06. The summed E-state index contributed by atoms with van der Waals surface area (Å²) in [6.45, 7) is -0.697. The quantitative estimate of drug-likeness (QED) is 0.605. The van der Waals surface area contributed by atoms with Crippen molar-refractivity contribution in [2.75, 3.05) is 20.3 Å². The molecule has 0 fully saturated rings. The molecule has 0 spiro atoms. The van der Waals surface area contributed by atoms with Crippen LogP contribution in [0.3, 0.4) is 0 Å². The van der Waals surface area contributed by atoms with Gasteiger partial charge in [-0.15, -0.1) is 0 Å². The number of carbonyl (C=O) groups is 3. The van der Waals surface area contributed by atoms with E-state index < -0.39 is 24.5 Å². The summed E-state index contributed by atoms with van der Waals surface area (Å²) in [5, 5.41) is 2.26. The molecule has 19 heavy (non-hydrogen) atoms. The van der Waals surface area contributed by atoms with Crippen molar-refractivity contribution in [3.63, 3.8) is 0 Å². The summed E-state index contributed by atoms with van der Waals surface area (Å²) in [5.74, 6) is -1.73. The number of benzene rings is 1. The highest BCUT2D eigenvalue weighted by Crippen LogP contribution is 2.08. The summed E-state index contributed by atoms with van der Waals surface area (Å²) in [4.78, 5) is 33.6. The fourth-order valence-corrected chi connectivity index (χ4v) is 1.67. The van der Waals surface area contributed by atoms with Crippen LogP contribution >= 0.6 is 22.6 Å². The number of rotatable bonds is 5. The molecule has 102 valence electrons. The van der Waals surface area contributed by atoms with E-state index in [1.807, 2.05) is 6.07 Å². The number of hydrogen-bond donors (Lipinski definition) is 1. The molecule has 0 aromatic heterocycles. The average Bonchev–Trinajstić information content (AvgIpc) is 2.41. The zero-order valence-electron chi connectivity index (χ0n) is 10.1. The molecule has 0 atom stereocenters. The molecule has 6 nitrogen and oxygen atoms in total. The van der Waals surface area contributed by atoms with Crippen LogP contribution in [0.15, 0.2) is 24.3 Å². The van der Waals surface area contributed by atoms with Crippen molar-refractivity contribution < 1.29 is 23.9 Å². The first kappa shape index (κ1) is 15.4. The lowest BCUT2D eigenvalue weighted by molar-refractivity contribution is -0.141. The Balaban J connectivity index is 2.38. The van der Waals surface area contributed by atoms with Gasteiger partial charge in [-0.05, 0) is 40.8 Å². The van der Waals surface area contributed by atoms with E-state index in [9.17, 15) is 14.4 Å². The second-order valence-electron chi connectivity index (χ2n) is 3.44. The molecule has 1 aromatic rings. The molecule has 1 aromatic carbocycles. The predicted molar refractivity (Wildman–Crippen MR) is 74.5 cm³/mol. The number of hydrogen-bond acceptors (Lipinski definition) is 5. The van der Waals surface area contributed by atoms with Gasteiger partial charge in [0.25, 0.3) is 5.91 Å². The Morgan fingerprint density at radius 2 is 2.05 bits per heavy atom. The Morgan fingerprint density at radius 3 is 2.68 bits per heavy atom. The summed E-state index contributed by atoms with van der Waals surface area (Å²) < 4.78 is 10.0. The first-order valence-corrected chi connectivity index (χ1v) is 6.37. The van der Waals surface area contributed by atoms with Gasteiger partial charge in [0, 0.05) is 3.57 Å². The number of carbonyl (C=O) groups excluding carboxylic acids is 3. The zero-order chi connectivity index (χ0) is 14.3. The molecule has 1 amide bonds. The van der Waals surface area contributed by atoms with Gasteiger partial charge in [0.05, 0.1) is 12.7 Å². The van der Waals surface area contributed by atoms with Crippen LogP contribution in [0.25, 0.3) is 0 Å². The molecule has 7 heteroatoms. The molecular formula is C12H12INO5. The molecule has 0 saturated carbocycles. The number of nitrogens with one attached hydrogen (secondary N) is 1. The molecule has 0 radical (unpaired) electrons. The van der Waals surface area contributed by atoms with Crippen molar-refractivity contribution in [3.05, 3.63) is 33.4 Å². The van der Waals surface area contributed by atoms with Crippen molar-refractivity contribution in [1.82, 2.24) is 5.32 Å². The largest absolute Gasteiger partial charge is 0.468 e. The maximum Gasteiger partial charge on any atom is 0.338 e. The van der Waals surface area contributed by atoms with E-state index in [-0.39, 0.29) is 6.54 Å². The number of ether oxygens (including phenoxy) is 2. The second kappa shape index (κ2) is 7.72. The highest BCUT2D eigenvalue weighted by molar-refractivity contribution is 14.1. The SMILES string of the molecule is COC(=O)CNC(=O)COC(=O)c1cccc(I)c1. The van der Waals surface area contributed by atoms with Crippen LogP contribution in [0.4, 0.5) is 0 Å². The van der Waals surface area contributed by atoms with Gasteiger partial charge in [0.15, 0.2) is 6.61 Å². The highest BCUT2D eigenvalue weighted by atomic mass is 127. The Bertz CT molecular complexity index is 489. The number of esters is 2. The van der Waals surface area contributed by atoms with Crippen molar-refractivity contribution in [3.8, 4) is 0 Å². The molecule has 1 rings (SSSR count). The maximum absolute atomic E-state index is 11.6. The summed E-state index contributed by atoms with van der Waals surface area (Å²) >= 11 is 2.07. The average molecular weight is 377 g/mol. The summed E-state index contributed by atoms with van der Waals surface area (Å²) in [7, 11) is 1.21. The van der Waals surface area contributed by atoms with Gasteiger partial charge in [0.2, 0.25) is 0 Å². The molecule has 1 N–H and O–H groups in total. The van der Waals surface area contributed by atoms with Crippen LogP contribution in [0, 0.1) is 3.57 Å². The Morgan fingerprint density at radius 1 is 1.32 bits per heavy atom. The summed E-state index contributed by atoms with van der Waals surface area (Å²) in [6, 6.07) is 6.79. The summed E-state index contributed by atoms with van der Waals surface area (Å²) in [5.41, 5.74) is 0.368. The van der Waals surface area contributed by atoms with E-state index in [4.69, 9.17) is 4.74 Å². The van der Waals surface area contributed by atoms with E-state index in [0.717, 1.165) is 3.57 Å². The molecule has 0 unspecified atom stereocenters. The summed E-state index contributed by atoms with van der Waals surface area (Å²) in [6.07, 6.45) is 0. The monoisotopic (exact) mass is 377 g/mol. The number of methoxy groups -OCH3 is 1. The van der Waals surface area contributed by atoms with Crippen molar-refractivity contribution in [2.45, 2.75) is 0 Å². The standard InChI is InChI=1S/C12H12INO5/c1-18-11(16)6-14-10(15)7-19-12(17)8-3-2-4-9(13)5-8/h2-5H,6-7H2,1H3,(H,14,15). The molecule has 0 aliphatic rings. The number of amides is 1. The van der Waals surface area contributed by atoms with Crippen LogP contribution in [0.2, 0.25) is 0 Å². The van der Waals surface area contributed by atoms with E-state index in [0.29, 0.717) is 5.56 Å². The molecule has 0 aliphatic heterocycles. The topological polar surface area (TPSA) is 81.7 Å². The van der Waals surface area contributed by atoms with E-state index in [1.54, 1.807) is 18.2 Å². The Kier molecular flexibility index (Phi) is 6.26. The first-order chi connectivity index (χ1) is 9.02. The lowest BCUT2D eigenvalue weighted by atomic mass is 10.2.